The summed E-state index contributed by atoms with van der Waals surface area (Å²) in [5.41, 5.74) is 0. The quantitative estimate of drug-likeness (QED) is 0.591. The minimum absolute atomic E-state index is 0.188. The summed E-state index contributed by atoms with van der Waals surface area (Å²) in [7, 11) is 0. The maximum absolute atomic E-state index is 11.1. The lowest BCUT2D eigenvalue weighted by molar-refractivity contribution is -0.152. The summed E-state index contributed by atoms with van der Waals surface area (Å²) in [6.45, 7) is 5.98. The Labute approximate surface area is 71.1 Å². The van der Waals surface area contributed by atoms with E-state index in [0.717, 1.165) is 6.42 Å². The molecule has 0 aromatic heterocycles. The molecule has 0 unspecified atom stereocenters. The SMILES string of the molecule is C=C1OC[C@H](C(=O)OCCC)O1. The molecule has 1 fully saturated rings. The van der Waals surface area contributed by atoms with E-state index in [1.165, 1.54) is 0 Å². The van der Waals surface area contributed by atoms with Crippen molar-refractivity contribution in [1.82, 2.24) is 0 Å². The second-order valence-electron chi connectivity index (χ2n) is 2.46. The first kappa shape index (κ1) is 8.90. The lowest BCUT2D eigenvalue weighted by Gasteiger charge is -2.06. The van der Waals surface area contributed by atoms with Crippen LogP contribution in [0.15, 0.2) is 12.5 Å². The summed E-state index contributed by atoms with van der Waals surface area (Å²) in [5.74, 6) is -0.191. The fraction of sp³-hybridized carbons (Fsp3) is 0.625. The molecule has 0 saturated carbocycles. The normalized spacial score (nSPS) is 21.4. The van der Waals surface area contributed by atoms with E-state index in [-0.39, 0.29) is 18.5 Å². The standard InChI is InChI=1S/C8H12O4/c1-3-4-10-8(9)7-5-11-6(2)12-7/h7H,2-5H2,1H3/t7-/m1/s1. The Morgan fingerprint density at radius 2 is 2.58 bits per heavy atom. The maximum Gasteiger partial charge on any atom is 0.351 e. The van der Waals surface area contributed by atoms with Crippen LogP contribution in [-0.4, -0.2) is 25.3 Å². The van der Waals surface area contributed by atoms with E-state index in [1.54, 1.807) is 0 Å². The van der Waals surface area contributed by atoms with Gasteiger partial charge in [0.25, 0.3) is 5.95 Å². The fourth-order valence-electron chi connectivity index (χ4n) is 0.807. The molecule has 4 nitrogen and oxygen atoms in total. The van der Waals surface area contributed by atoms with Crippen LogP contribution in [-0.2, 0) is 19.0 Å². The van der Waals surface area contributed by atoms with Gasteiger partial charge in [-0.15, -0.1) is 0 Å². The van der Waals surface area contributed by atoms with Crippen molar-refractivity contribution in [2.45, 2.75) is 19.4 Å². The van der Waals surface area contributed by atoms with Crippen LogP contribution in [0.4, 0.5) is 0 Å². The molecule has 0 aliphatic carbocycles. The van der Waals surface area contributed by atoms with Crippen molar-refractivity contribution in [2.24, 2.45) is 0 Å². The van der Waals surface area contributed by atoms with E-state index in [2.05, 4.69) is 6.58 Å². The first-order chi connectivity index (χ1) is 5.74. The highest BCUT2D eigenvalue weighted by Crippen LogP contribution is 2.13. The highest BCUT2D eigenvalue weighted by molar-refractivity contribution is 5.75. The molecule has 0 amide bonds. The third-order valence-electron chi connectivity index (χ3n) is 1.38. The summed E-state index contributed by atoms with van der Waals surface area (Å²) in [5, 5.41) is 0. The molecule has 1 saturated heterocycles. The van der Waals surface area contributed by atoms with Gasteiger partial charge in [0.2, 0.25) is 6.10 Å². The number of hydrogen-bond donors (Lipinski definition) is 0. The van der Waals surface area contributed by atoms with Crippen LogP contribution >= 0.6 is 0 Å². The fourth-order valence-corrected chi connectivity index (χ4v) is 0.807. The van der Waals surface area contributed by atoms with Gasteiger partial charge < -0.3 is 14.2 Å². The number of carbonyl (C=O) groups is 1. The van der Waals surface area contributed by atoms with Gasteiger partial charge in [0.15, 0.2) is 0 Å². The van der Waals surface area contributed by atoms with Crippen molar-refractivity contribution >= 4 is 5.97 Å². The molecule has 1 rings (SSSR count). The van der Waals surface area contributed by atoms with Crippen LogP contribution in [0.1, 0.15) is 13.3 Å². The number of esters is 1. The van der Waals surface area contributed by atoms with E-state index >= 15 is 0 Å². The van der Waals surface area contributed by atoms with Crippen molar-refractivity contribution in [3.63, 3.8) is 0 Å². The minimum atomic E-state index is -0.621. The highest BCUT2D eigenvalue weighted by atomic mass is 16.7. The molecular formula is C8H12O4. The second-order valence-corrected chi connectivity index (χ2v) is 2.46. The van der Waals surface area contributed by atoms with E-state index in [9.17, 15) is 4.79 Å². The van der Waals surface area contributed by atoms with Crippen LogP contribution in [0.2, 0.25) is 0 Å². The summed E-state index contributed by atoms with van der Waals surface area (Å²) in [4.78, 5) is 11.1. The molecule has 1 aliphatic heterocycles. The Morgan fingerprint density at radius 1 is 1.83 bits per heavy atom. The van der Waals surface area contributed by atoms with Gasteiger partial charge in [0.1, 0.15) is 6.61 Å². The first-order valence-electron chi connectivity index (χ1n) is 3.89. The van der Waals surface area contributed by atoms with Gasteiger partial charge in [-0.3, -0.25) is 0 Å². The number of rotatable bonds is 3. The molecule has 4 heteroatoms. The highest BCUT2D eigenvalue weighted by Gasteiger charge is 2.29. The topological polar surface area (TPSA) is 44.8 Å². The molecule has 0 spiro atoms. The van der Waals surface area contributed by atoms with Gasteiger partial charge in [0.05, 0.1) is 6.61 Å². The number of carbonyl (C=O) groups excluding carboxylic acids is 1. The minimum Gasteiger partial charge on any atom is -0.463 e. The molecule has 0 aromatic carbocycles. The Balaban J connectivity index is 2.28. The van der Waals surface area contributed by atoms with Gasteiger partial charge in [-0.2, -0.15) is 0 Å². The summed E-state index contributed by atoms with van der Waals surface area (Å²) in [6.07, 6.45) is 0.185. The van der Waals surface area contributed by atoms with Gasteiger partial charge >= 0.3 is 5.97 Å². The molecule has 0 N–H and O–H groups in total. The number of ether oxygens (including phenoxy) is 3. The predicted molar refractivity (Wildman–Crippen MR) is 41.2 cm³/mol. The summed E-state index contributed by atoms with van der Waals surface area (Å²) >= 11 is 0. The summed E-state index contributed by atoms with van der Waals surface area (Å²) < 4.78 is 14.6. The third kappa shape index (κ3) is 2.15. The zero-order valence-electron chi connectivity index (χ0n) is 7.04. The van der Waals surface area contributed by atoms with Crippen LogP contribution in [0, 0.1) is 0 Å². The third-order valence-corrected chi connectivity index (χ3v) is 1.38. The van der Waals surface area contributed by atoms with Gasteiger partial charge in [-0.05, 0) is 13.0 Å². The van der Waals surface area contributed by atoms with E-state index < -0.39 is 6.10 Å². The Hall–Kier alpha value is -1.19. The Bertz CT molecular complexity index is 187. The predicted octanol–water partition coefficient (Wildman–Crippen LogP) is 0.826. The monoisotopic (exact) mass is 172 g/mol. The van der Waals surface area contributed by atoms with E-state index in [4.69, 9.17) is 14.2 Å². The van der Waals surface area contributed by atoms with Crippen LogP contribution in [0.3, 0.4) is 0 Å². The maximum atomic E-state index is 11.1. The van der Waals surface area contributed by atoms with Crippen molar-refractivity contribution in [3.8, 4) is 0 Å². The van der Waals surface area contributed by atoms with Crippen molar-refractivity contribution in [2.75, 3.05) is 13.2 Å². The average Bonchev–Trinajstić information content (AvgIpc) is 2.47. The molecule has 1 aliphatic rings. The second kappa shape index (κ2) is 3.99. The number of hydrogen-bond acceptors (Lipinski definition) is 4. The Morgan fingerprint density at radius 3 is 3.08 bits per heavy atom. The van der Waals surface area contributed by atoms with Gasteiger partial charge in [-0.25, -0.2) is 4.79 Å². The van der Waals surface area contributed by atoms with Crippen LogP contribution in [0.25, 0.3) is 0 Å². The van der Waals surface area contributed by atoms with Crippen molar-refractivity contribution in [3.05, 3.63) is 12.5 Å². The molecule has 0 bridgehead atoms. The average molecular weight is 172 g/mol. The molecule has 1 heterocycles. The molecule has 68 valence electrons. The smallest absolute Gasteiger partial charge is 0.351 e. The molecule has 12 heavy (non-hydrogen) atoms. The zero-order chi connectivity index (χ0) is 8.97. The molecule has 1 atom stereocenters. The van der Waals surface area contributed by atoms with Crippen LogP contribution < -0.4 is 0 Å². The molecular weight excluding hydrogens is 160 g/mol. The largest absolute Gasteiger partial charge is 0.463 e. The van der Waals surface area contributed by atoms with Gasteiger partial charge in [0, 0.05) is 0 Å². The zero-order valence-corrected chi connectivity index (χ0v) is 7.04. The lowest BCUT2D eigenvalue weighted by Crippen LogP contribution is -2.25. The Kier molecular flexibility index (Phi) is 2.96. The van der Waals surface area contributed by atoms with Crippen molar-refractivity contribution in [1.29, 1.82) is 0 Å². The summed E-state index contributed by atoms with van der Waals surface area (Å²) in [6, 6.07) is 0. The lowest BCUT2D eigenvalue weighted by atomic mass is 10.4. The van der Waals surface area contributed by atoms with Crippen LogP contribution in [0.5, 0.6) is 0 Å². The van der Waals surface area contributed by atoms with Gasteiger partial charge in [-0.1, -0.05) is 6.92 Å². The van der Waals surface area contributed by atoms with Crippen molar-refractivity contribution < 1.29 is 19.0 Å². The molecule has 0 radical (unpaired) electrons. The van der Waals surface area contributed by atoms with E-state index in [1.807, 2.05) is 6.92 Å². The first-order valence-corrected chi connectivity index (χ1v) is 3.89. The van der Waals surface area contributed by atoms with E-state index in [0.29, 0.717) is 6.61 Å². The molecule has 0 aromatic rings.